The molecule has 42 heavy (non-hydrogen) atoms. The molecule has 220 valence electrons. The van der Waals surface area contributed by atoms with E-state index in [1.54, 1.807) is 42.5 Å². The number of carbonyl (C=O) groups excluding carboxylic acids is 1. The monoisotopic (exact) mass is 579 g/mol. The van der Waals surface area contributed by atoms with E-state index in [-0.39, 0.29) is 36.8 Å². The number of hydrogen-bond acceptors (Lipinski definition) is 10. The first-order chi connectivity index (χ1) is 20.3. The van der Waals surface area contributed by atoms with E-state index in [1.165, 1.54) is 11.2 Å². The summed E-state index contributed by atoms with van der Waals surface area (Å²) in [6.07, 6.45) is -1.63. The number of hydrogen-bond donors (Lipinski definition) is 2. The molecule has 2 fully saturated rings. The lowest BCUT2D eigenvalue weighted by Crippen LogP contribution is -2.50. The zero-order valence-electron chi connectivity index (χ0n) is 23.0. The lowest BCUT2D eigenvalue weighted by Gasteiger charge is -2.34. The van der Waals surface area contributed by atoms with Gasteiger partial charge in [-0.3, -0.25) is 4.79 Å². The quantitative estimate of drug-likeness (QED) is 0.410. The van der Waals surface area contributed by atoms with Crippen molar-refractivity contribution in [3.05, 3.63) is 54.4 Å². The van der Waals surface area contributed by atoms with Crippen LogP contribution in [0.4, 0.5) is 20.4 Å². The first kappa shape index (κ1) is 29.1. The summed E-state index contributed by atoms with van der Waals surface area (Å²) >= 11 is 0. The normalized spacial score (nSPS) is 22.7. The molecule has 2 aromatic carbocycles. The number of nitrogens with zero attached hydrogens (tertiary/aromatic N) is 6. The number of ether oxygens (including phenoxy) is 2. The van der Waals surface area contributed by atoms with Crippen LogP contribution in [0.15, 0.2) is 48.8 Å². The summed E-state index contributed by atoms with van der Waals surface area (Å²) in [5.74, 6) is 0.838. The van der Waals surface area contributed by atoms with Gasteiger partial charge in [0.25, 0.3) is 0 Å². The highest BCUT2D eigenvalue weighted by Crippen LogP contribution is 2.29. The zero-order chi connectivity index (χ0) is 29.6. The molecule has 2 aliphatic heterocycles. The average molecular weight is 580 g/mol. The Bertz CT molecular complexity index is 1440. The van der Waals surface area contributed by atoms with E-state index in [9.17, 15) is 18.8 Å². The summed E-state index contributed by atoms with van der Waals surface area (Å²) in [5.41, 5.74) is 1.40. The van der Waals surface area contributed by atoms with Gasteiger partial charge in [0.2, 0.25) is 11.9 Å². The van der Waals surface area contributed by atoms with Gasteiger partial charge in [0.05, 0.1) is 12.1 Å². The van der Waals surface area contributed by atoms with E-state index < -0.39 is 37.1 Å². The minimum atomic E-state index is -1.46. The van der Waals surface area contributed by atoms with Crippen LogP contribution in [0.3, 0.4) is 0 Å². The number of likely N-dealkylation sites (tertiary alicyclic amines) is 2. The fourth-order valence-electron chi connectivity index (χ4n) is 4.95. The van der Waals surface area contributed by atoms with Crippen molar-refractivity contribution in [3.8, 4) is 29.0 Å². The van der Waals surface area contributed by atoms with Gasteiger partial charge < -0.3 is 29.7 Å². The molecule has 0 saturated carbocycles. The Kier molecular flexibility index (Phi) is 9.04. The molecule has 0 bridgehead atoms. The van der Waals surface area contributed by atoms with Gasteiger partial charge in [-0.2, -0.15) is 10.2 Å². The maximum absolute atomic E-state index is 14.7. The Morgan fingerprint density at radius 2 is 1.81 bits per heavy atom. The van der Waals surface area contributed by atoms with Crippen molar-refractivity contribution in [1.82, 2.24) is 24.8 Å². The van der Waals surface area contributed by atoms with Crippen LogP contribution in [0.25, 0.3) is 11.4 Å². The van der Waals surface area contributed by atoms with Crippen molar-refractivity contribution in [3.63, 3.8) is 0 Å². The smallest absolute Gasteiger partial charge is 0.248 e. The van der Waals surface area contributed by atoms with Crippen LogP contribution in [0.5, 0.6) is 11.5 Å². The van der Waals surface area contributed by atoms with Crippen molar-refractivity contribution < 1.29 is 28.2 Å². The molecule has 1 aromatic heterocycles. The van der Waals surface area contributed by atoms with Gasteiger partial charge in [-0.15, -0.1) is 0 Å². The first-order valence-electron chi connectivity index (χ1n) is 13.6. The Morgan fingerprint density at radius 1 is 1.07 bits per heavy atom. The second-order valence-corrected chi connectivity index (χ2v) is 10.3. The molecule has 0 spiro atoms. The number of rotatable bonds is 8. The van der Waals surface area contributed by atoms with Crippen LogP contribution in [-0.2, 0) is 4.79 Å². The van der Waals surface area contributed by atoms with E-state index in [2.05, 4.69) is 26.3 Å². The first-order valence-corrected chi connectivity index (χ1v) is 13.6. The van der Waals surface area contributed by atoms with Crippen LogP contribution >= 0.6 is 0 Å². The second-order valence-electron chi connectivity index (χ2n) is 10.3. The predicted molar refractivity (Wildman–Crippen MR) is 149 cm³/mol. The van der Waals surface area contributed by atoms with Crippen molar-refractivity contribution in [2.24, 2.45) is 0 Å². The number of benzene rings is 2. The molecule has 1 amide bonds. The molecule has 13 heteroatoms. The maximum atomic E-state index is 14.7. The molecule has 2 N–H and O–H groups in total. The van der Waals surface area contributed by atoms with Crippen molar-refractivity contribution in [1.29, 1.82) is 5.26 Å². The summed E-state index contributed by atoms with van der Waals surface area (Å²) in [6, 6.07) is 13.9. The molecule has 3 heterocycles. The predicted octanol–water partition coefficient (Wildman–Crippen LogP) is 2.88. The molecular formula is C29H31F2N7O4. The lowest BCUT2D eigenvalue weighted by molar-refractivity contribution is -0.138. The van der Waals surface area contributed by atoms with E-state index in [0.29, 0.717) is 35.8 Å². The van der Waals surface area contributed by atoms with Gasteiger partial charge in [-0.1, -0.05) is 0 Å². The molecule has 0 aliphatic carbocycles. The van der Waals surface area contributed by atoms with E-state index in [4.69, 9.17) is 14.6 Å². The summed E-state index contributed by atoms with van der Waals surface area (Å²) in [4.78, 5) is 27.7. The van der Waals surface area contributed by atoms with Gasteiger partial charge in [0.15, 0.2) is 12.0 Å². The molecule has 3 aromatic rings. The highest BCUT2D eigenvalue weighted by molar-refractivity contribution is 5.77. The SMILES string of the molecule is CN1CCC(Oc2ccc(Nc3ncnc(-c4ccc(O[C@H]5CCN(C(=O)CO)C[C@H]5F)c(C#N)c4)n3)cc2)[C@H](F)C1. The highest BCUT2D eigenvalue weighted by atomic mass is 19.1. The van der Waals surface area contributed by atoms with Crippen molar-refractivity contribution in [2.45, 2.75) is 37.4 Å². The number of aliphatic hydroxyl groups excluding tert-OH is 1. The Balaban J connectivity index is 1.22. The average Bonchev–Trinajstić information content (AvgIpc) is 3.00. The number of nitriles is 1. The summed E-state index contributed by atoms with van der Waals surface area (Å²) in [5, 5.41) is 21.8. The zero-order valence-corrected chi connectivity index (χ0v) is 23.0. The van der Waals surface area contributed by atoms with E-state index in [0.717, 1.165) is 6.54 Å². The molecule has 2 aliphatic rings. The lowest BCUT2D eigenvalue weighted by atomic mass is 10.0. The molecule has 1 unspecified atom stereocenters. The number of aromatic nitrogens is 3. The fraction of sp³-hybridized carbons (Fsp3) is 0.414. The van der Waals surface area contributed by atoms with Gasteiger partial charge in [0, 0.05) is 37.3 Å². The maximum Gasteiger partial charge on any atom is 0.248 e. The van der Waals surface area contributed by atoms with E-state index in [1.807, 2.05) is 11.9 Å². The fourth-order valence-corrected chi connectivity index (χ4v) is 4.95. The number of anilines is 2. The Labute approximate surface area is 241 Å². The van der Waals surface area contributed by atoms with Crippen molar-refractivity contribution in [2.75, 3.05) is 45.2 Å². The highest BCUT2D eigenvalue weighted by Gasteiger charge is 2.33. The molecule has 2 saturated heterocycles. The van der Waals surface area contributed by atoms with Crippen molar-refractivity contribution >= 4 is 17.5 Å². The molecular weight excluding hydrogens is 548 g/mol. The largest absolute Gasteiger partial charge is 0.487 e. The third-order valence-corrected chi connectivity index (χ3v) is 7.26. The molecule has 4 atom stereocenters. The third kappa shape index (κ3) is 6.89. The number of nitrogens with one attached hydrogen (secondary N) is 1. The van der Waals surface area contributed by atoms with Crippen LogP contribution in [0.2, 0.25) is 0 Å². The number of amides is 1. The third-order valence-electron chi connectivity index (χ3n) is 7.26. The molecule has 0 radical (unpaired) electrons. The van der Waals surface area contributed by atoms with Gasteiger partial charge in [-0.05, 0) is 55.9 Å². The second kappa shape index (κ2) is 13.1. The van der Waals surface area contributed by atoms with Crippen LogP contribution < -0.4 is 14.8 Å². The van der Waals surface area contributed by atoms with Gasteiger partial charge in [0.1, 0.15) is 48.9 Å². The topological polar surface area (TPSA) is 137 Å². The Morgan fingerprint density at radius 3 is 2.52 bits per heavy atom. The summed E-state index contributed by atoms with van der Waals surface area (Å²) < 4.78 is 40.7. The summed E-state index contributed by atoms with van der Waals surface area (Å²) in [7, 11) is 1.89. The minimum Gasteiger partial charge on any atom is -0.487 e. The van der Waals surface area contributed by atoms with E-state index >= 15 is 0 Å². The minimum absolute atomic E-state index is 0.180. The molecule has 5 rings (SSSR count). The number of alkyl halides is 2. The number of halogens is 2. The number of aliphatic hydroxyl groups is 1. The van der Waals surface area contributed by atoms with Crippen LogP contribution in [0.1, 0.15) is 18.4 Å². The van der Waals surface area contributed by atoms with Gasteiger partial charge in [-0.25, -0.2) is 18.7 Å². The summed E-state index contributed by atoms with van der Waals surface area (Å²) in [6.45, 7) is 0.526. The van der Waals surface area contributed by atoms with Crippen LogP contribution in [0, 0.1) is 11.3 Å². The van der Waals surface area contributed by atoms with Gasteiger partial charge >= 0.3 is 0 Å². The number of piperidine rings is 2. The standard InChI is InChI=1S/C29H31F2N7O4/c1-37-10-8-25(22(30)14-37)41-21-5-3-20(4-6-21)35-29-34-17-33-28(36-29)18-2-7-24(19(12-18)13-32)42-26-9-11-38(15-23(26)31)27(40)16-39/h2-7,12,17,22-23,25-26,39H,8-11,14-16H2,1H3,(H,33,34,35,36)/t22-,23-,25?,26+/m1/s1. The van der Waals surface area contributed by atoms with Crippen LogP contribution in [-0.4, -0.2) is 100 Å². The Hall–Kier alpha value is -4.41. The molecule has 11 nitrogen and oxygen atoms in total. The number of carbonyl (C=O) groups is 1.